The molecule has 2 aliphatic rings. The van der Waals surface area contributed by atoms with Crippen LogP contribution in [0.25, 0.3) is 11.1 Å². The third-order valence-corrected chi connectivity index (χ3v) is 6.60. The molecule has 2 N–H and O–H groups in total. The van der Waals surface area contributed by atoms with Crippen molar-refractivity contribution in [1.29, 1.82) is 0 Å². The number of methoxy groups -OCH3 is 1. The van der Waals surface area contributed by atoms with E-state index in [1.165, 1.54) is 12.0 Å². The highest BCUT2D eigenvalue weighted by Gasteiger charge is 2.44. The SMILES string of the molecule is COC1(C(=O)O)CCCN(C(=O)[C@H](C)NC(=O)OCC2c3ccccc3-c3ccccc32)C1. The van der Waals surface area contributed by atoms with Gasteiger partial charge in [-0.1, -0.05) is 48.5 Å². The Bertz CT molecular complexity index is 1020. The highest BCUT2D eigenvalue weighted by atomic mass is 16.5. The number of aliphatic carboxylic acids is 1. The van der Waals surface area contributed by atoms with Crippen molar-refractivity contribution in [1.82, 2.24) is 10.2 Å². The fourth-order valence-electron chi connectivity index (χ4n) is 4.79. The highest BCUT2D eigenvalue weighted by molar-refractivity contribution is 5.87. The van der Waals surface area contributed by atoms with E-state index in [1.807, 2.05) is 36.4 Å². The van der Waals surface area contributed by atoms with Crippen LogP contribution in [0, 0.1) is 0 Å². The molecule has 0 spiro atoms. The molecule has 0 radical (unpaired) electrons. The molecule has 0 saturated carbocycles. The lowest BCUT2D eigenvalue weighted by Gasteiger charge is -2.39. The second kappa shape index (κ2) is 9.23. The van der Waals surface area contributed by atoms with Gasteiger partial charge in [0.05, 0.1) is 6.54 Å². The van der Waals surface area contributed by atoms with Crippen LogP contribution in [0.5, 0.6) is 0 Å². The number of fused-ring (bicyclic) bond motifs is 3. The fourth-order valence-corrected chi connectivity index (χ4v) is 4.79. The van der Waals surface area contributed by atoms with E-state index in [0.29, 0.717) is 19.4 Å². The van der Waals surface area contributed by atoms with Crippen LogP contribution in [-0.2, 0) is 19.1 Å². The molecule has 2 amide bonds. The normalized spacial score (nSPS) is 20.5. The summed E-state index contributed by atoms with van der Waals surface area (Å²) in [6.45, 7) is 2.06. The van der Waals surface area contributed by atoms with E-state index in [1.54, 1.807) is 6.92 Å². The number of nitrogens with zero attached hydrogens (tertiary/aromatic N) is 1. The summed E-state index contributed by atoms with van der Waals surface area (Å²) in [6.07, 6.45) is 0.145. The van der Waals surface area contributed by atoms with E-state index in [0.717, 1.165) is 22.3 Å². The lowest BCUT2D eigenvalue weighted by Crippen LogP contribution is -2.58. The third-order valence-electron chi connectivity index (χ3n) is 6.60. The Morgan fingerprint density at radius 2 is 1.73 bits per heavy atom. The van der Waals surface area contributed by atoms with Crippen molar-refractivity contribution in [3.63, 3.8) is 0 Å². The van der Waals surface area contributed by atoms with Gasteiger partial charge in [-0.2, -0.15) is 0 Å². The molecule has 174 valence electrons. The van der Waals surface area contributed by atoms with Crippen molar-refractivity contribution in [2.75, 3.05) is 26.8 Å². The van der Waals surface area contributed by atoms with Crippen LogP contribution in [0.4, 0.5) is 4.79 Å². The number of hydrogen-bond donors (Lipinski definition) is 2. The van der Waals surface area contributed by atoms with E-state index in [2.05, 4.69) is 17.4 Å². The molecule has 8 heteroatoms. The molecule has 0 aromatic heterocycles. The maximum Gasteiger partial charge on any atom is 0.407 e. The second-order valence-electron chi connectivity index (χ2n) is 8.56. The maximum atomic E-state index is 12.9. The van der Waals surface area contributed by atoms with Gasteiger partial charge in [-0.05, 0) is 42.0 Å². The van der Waals surface area contributed by atoms with Gasteiger partial charge in [0.1, 0.15) is 12.6 Å². The molecule has 1 saturated heterocycles. The zero-order valence-electron chi connectivity index (χ0n) is 18.7. The molecule has 0 bridgehead atoms. The summed E-state index contributed by atoms with van der Waals surface area (Å²) in [4.78, 5) is 38.4. The number of piperidine rings is 1. The molecule has 8 nitrogen and oxygen atoms in total. The van der Waals surface area contributed by atoms with Gasteiger partial charge in [-0.15, -0.1) is 0 Å². The summed E-state index contributed by atoms with van der Waals surface area (Å²) in [6, 6.07) is 15.2. The first-order chi connectivity index (χ1) is 15.9. The third kappa shape index (κ3) is 4.30. The predicted molar refractivity (Wildman–Crippen MR) is 121 cm³/mol. The highest BCUT2D eigenvalue weighted by Crippen LogP contribution is 2.44. The monoisotopic (exact) mass is 452 g/mol. The van der Waals surface area contributed by atoms with Gasteiger partial charge in [0, 0.05) is 19.6 Å². The van der Waals surface area contributed by atoms with Gasteiger partial charge in [-0.25, -0.2) is 9.59 Å². The Labute approximate surface area is 192 Å². The van der Waals surface area contributed by atoms with Crippen LogP contribution in [-0.4, -0.2) is 66.4 Å². The van der Waals surface area contributed by atoms with Crippen LogP contribution in [0.3, 0.4) is 0 Å². The van der Waals surface area contributed by atoms with E-state index in [-0.39, 0.29) is 25.0 Å². The van der Waals surface area contributed by atoms with Gasteiger partial charge in [0.25, 0.3) is 0 Å². The van der Waals surface area contributed by atoms with Gasteiger partial charge < -0.3 is 24.8 Å². The van der Waals surface area contributed by atoms with Crippen LogP contribution in [0.15, 0.2) is 48.5 Å². The van der Waals surface area contributed by atoms with Crippen molar-refractivity contribution >= 4 is 18.0 Å². The Kier molecular flexibility index (Phi) is 6.37. The van der Waals surface area contributed by atoms with Gasteiger partial charge in [-0.3, -0.25) is 4.79 Å². The smallest absolute Gasteiger partial charge is 0.407 e. The average Bonchev–Trinajstić information content (AvgIpc) is 3.15. The number of carbonyl (C=O) groups excluding carboxylic acids is 2. The molecule has 1 unspecified atom stereocenters. The molecule has 2 atom stereocenters. The standard InChI is InChI=1S/C25H28N2O6/c1-16(22(28)27-13-7-12-25(15-27,32-2)23(29)30)26-24(31)33-14-21-19-10-5-3-8-17(19)18-9-4-6-11-20(18)21/h3-6,8-11,16,21H,7,12-15H2,1-2H3,(H,26,31)(H,29,30)/t16-,25?/m0/s1. The lowest BCUT2D eigenvalue weighted by atomic mass is 9.92. The molecule has 1 aliphatic carbocycles. The number of amides is 2. The number of carboxylic acids is 1. The molecular weight excluding hydrogens is 424 g/mol. The largest absolute Gasteiger partial charge is 0.479 e. The topological polar surface area (TPSA) is 105 Å². The van der Waals surface area contributed by atoms with Crippen LogP contribution >= 0.6 is 0 Å². The van der Waals surface area contributed by atoms with E-state index in [9.17, 15) is 19.5 Å². The number of nitrogens with one attached hydrogen (secondary N) is 1. The number of rotatable bonds is 6. The Hall–Kier alpha value is -3.39. The lowest BCUT2D eigenvalue weighted by molar-refractivity contribution is -0.171. The molecule has 2 aromatic carbocycles. The first-order valence-electron chi connectivity index (χ1n) is 11.0. The van der Waals surface area contributed by atoms with E-state index in [4.69, 9.17) is 9.47 Å². The maximum absolute atomic E-state index is 12.9. The number of hydrogen-bond acceptors (Lipinski definition) is 5. The average molecular weight is 453 g/mol. The Balaban J connectivity index is 1.37. The van der Waals surface area contributed by atoms with Crippen LogP contribution in [0.1, 0.15) is 36.8 Å². The van der Waals surface area contributed by atoms with E-state index < -0.39 is 23.7 Å². The number of carboxylic acid groups (broad SMARTS) is 1. The summed E-state index contributed by atoms with van der Waals surface area (Å²) >= 11 is 0. The summed E-state index contributed by atoms with van der Waals surface area (Å²) in [5, 5.41) is 12.1. The van der Waals surface area contributed by atoms with E-state index >= 15 is 0 Å². The number of carbonyl (C=O) groups is 3. The molecule has 1 fully saturated rings. The predicted octanol–water partition coefficient (Wildman–Crippen LogP) is 3.01. The summed E-state index contributed by atoms with van der Waals surface area (Å²) in [5.74, 6) is -1.54. The van der Waals surface area contributed by atoms with Crippen molar-refractivity contribution in [2.45, 2.75) is 37.3 Å². The number of benzene rings is 2. The number of ether oxygens (including phenoxy) is 2. The molecule has 2 aromatic rings. The Morgan fingerprint density at radius 1 is 1.12 bits per heavy atom. The summed E-state index contributed by atoms with van der Waals surface area (Å²) in [5.41, 5.74) is 3.06. The molecule has 4 rings (SSSR count). The van der Waals surface area contributed by atoms with Crippen molar-refractivity contribution in [3.8, 4) is 11.1 Å². The van der Waals surface area contributed by atoms with Gasteiger partial charge in [0.2, 0.25) is 5.91 Å². The minimum absolute atomic E-state index is 0.0611. The van der Waals surface area contributed by atoms with Crippen molar-refractivity contribution in [3.05, 3.63) is 59.7 Å². The molecule has 33 heavy (non-hydrogen) atoms. The van der Waals surface area contributed by atoms with Gasteiger partial charge in [0.15, 0.2) is 5.60 Å². The zero-order chi connectivity index (χ0) is 23.6. The minimum Gasteiger partial charge on any atom is -0.479 e. The second-order valence-corrected chi connectivity index (χ2v) is 8.56. The van der Waals surface area contributed by atoms with Crippen molar-refractivity contribution in [2.24, 2.45) is 0 Å². The molecule has 1 heterocycles. The number of likely N-dealkylation sites (tertiary alicyclic amines) is 1. The summed E-state index contributed by atoms with van der Waals surface area (Å²) < 4.78 is 10.7. The van der Waals surface area contributed by atoms with Crippen LogP contribution in [0.2, 0.25) is 0 Å². The molecule has 1 aliphatic heterocycles. The fraction of sp³-hybridized carbons (Fsp3) is 0.400. The Morgan fingerprint density at radius 3 is 2.30 bits per heavy atom. The molecular formula is C25H28N2O6. The quantitative estimate of drug-likeness (QED) is 0.698. The van der Waals surface area contributed by atoms with Crippen LogP contribution < -0.4 is 5.32 Å². The number of alkyl carbamates (subject to hydrolysis) is 1. The minimum atomic E-state index is -1.42. The van der Waals surface area contributed by atoms with Gasteiger partial charge >= 0.3 is 12.1 Å². The first-order valence-corrected chi connectivity index (χ1v) is 11.0. The summed E-state index contributed by atoms with van der Waals surface area (Å²) in [7, 11) is 1.33. The zero-order valence-corrected chi connectivity index (χ0v) is 18.7. The van der Waals surface area contributed by atoms with Crippen molar-refractivity contribution < 1.29 is 29.0 Å². The first kappa shape index (κ1) is 22.8.